The van der Waals surface area contributed by atoms with Gasteiger partial charge in [-0.1, -0.05) is 110 Å². The first kappa shape index (κ1) is 29.4. The van der Waals surface area contributed by atoms with Crippen molar-refractivity contribution in [2.24, 2.45) is 34.0 Å². The van der Waals surface area contributed by atoms with Gasteiger partial charge < -0.3 is 0 Å². The van der Waals surface area contributed by atoms with E-state index in [1.165, 1.54) is 75.8 Å². The lowest BCUT2D eigenvalue weighted by molar-refractivity contribution is -0.0260. The maximum absolute atomic E-state index is 4.96. The van der Waals surface area contributed by atoms with E-state index in [-0.39, 0.29) is 16.2 Å². The molecule has 1 unspecified atom stereocenters. The summed E-state index contributed by atoms with van der Waals surface area (Å²) < 4.78 is 0. The highest BCUT2D eigenvalue weighted by atomic mass is 14.7. The van der Waals surface area contributed by atoms with Crippen LogP contribution in [0, 0.1) is 40.9 Å². The molecule has 0 amide bonds. The van der Waals surface area contributed by atoms with E-state index in [4.69, 9.17) is 13.2 Å². The van der Waals surface area contributed by atoms with E-state index in [0.29, 0.717) is 17.8 Å². The molecular formula is C40H56. The predicted octanol–water partition coefficient (Wildman–Crippen LogP) is 11.9. The van der Waals surface area contributed by atoms with Crippen LogP contribution in [0.4, 0.5) is 0 Å². The molecule has 5 rings (SSSR count). The Hall–Kier alpha value is -2.08. The van der Waals surface area contributed by atoms with Gasteiger partial charge in [-0.3, -0.25) is 0 Å². The van der Waals surface area contributed by atoms with Crippen molar-refractivity contribution in [2.45, 2.75) is 120 Å². The molecule has 0 aliphatic heterocycles. The van der Waals surface area contributed by atoms with E-state index in [1.807, 2.05) is 0 Å². The highest BCUT2D eigenvalue weighted by molar-refractivity contribution is 5.88. The highest BCUT2D eigenvalue weighted by Gasteiger charge is 2.65. The van der Waals surface area contributed by atoms with Crippen LogP contribution in [0.5, 0.6) is 0 Å². The molecule has 0 heterocycles. The Morgan fingerprint density at radius 3 is 2.12 bits per heavy atom. The summed E-state index contributed by atoms with van der Waals surface area (Å²) in [7, 11) is 0. The zero-order valence-corrected chi connectivity index (χ0v) is 27.7. The van der Waals surface area contributed by atoms with Gasteiger partial charge in [0.15, 0.2) is 0 Å². The zero-order valence-electron chi connectivity index (χ0n) is 27.7. The molecule has 1 aromatic rings. The summed E-state index contributed by atoms with van der Waals surface area (Å²) in [6.45, 7) is 41.1. The van der Waals surface area contributed by atoms with Crippen molar-refractivity contribution in [3.63, 3.8) is 0 Å². The van der Waals surface area contributed by atoms with Crippen LogP contribution in [0.25, 0.3) is 5.57 Å². The lowest BCUT2D eigenvalue weighted by Gasteiger charge is -2.67. The van der Waals surface area contributed by atoms with Crippen molar-refractivity contribution in [1.82, 2.24) is 0 Å². The fourth-order valence-corrected chi connectivity index (χ4v) is 10.7. The first-order valence-electron chi connectivity index (χ1n) is 16.1. The van der Waals surface area contributed by atoms with Crippen LogP contribution in [0.15, 0.2) is 65.3 Å². The van der Waals surface area contributed by atoms with Crippen molar-refractivity contribution in [1.29, 1.82) is 0 Å². The van der Waals surface area contributed by atoms with Gasteiger partial charge in [-0.05, 0) is 127 Å². The summed E-state index contributed by atoms with van der Waals surface area (Å²) in [5.41, 5.74) is 15.4. The summed E-state index contributed by atoms with van der Waals surface area (Å²) in [6, 6.07) is 5.00. The monoisotopic (exact) mass is 536 g/mol. The van der Waals surface area contributed by atoms with Gasteiger partial charge in [-0.2, -0.15) is 0 Å². The Balaban J connectivity index is 1.71. The average Bonchev–Trinajstić information content (AvgIpc) is 2.89. The third-order valence-corrected chi connectivity index (χ3v) is 13.8. The number of benzene rings is 1. The molecule has 4 aliphatic rings. The van der Waals surface area contributed by atoms with E-state index in [1.54, 1.807) is 5.56 Å². The molecule has 6 atom stereocenters. The maximum Gasteiger partial charge on any atom is 0.0196 e. The minimum Gasteiger partial charge on any atom is -0.0955 e. The Morgan fingerprint density at radius 2 is 1.55 bits per heavy atom. The van der Waals surface area contributed by atoms with Gasteiger partial charge in [-0.25, -0.2) is 0 Å². The van der Waals surface area contributed by atoms with Crippen LogP contribution >= 0.6 is 0 Å². The average molecular weight is 537 g/mol. The predicted molar refractivity (Wildman–Crippen MR) is 176 cm³/mol. The fourth-order valence-electron chi connectivity index (χ4n) is 10.7. The molecule has 0 heteroatoms. The van der Waals surface area contributed by atoms with Gasteiger partial charge in [0.25, 0.3) is 0 Å². The molecule has 0 radical (unpaired) electrons. The number of allylic oxidation sites excluding steroid dienone is 7. The van der Waals surface area contributed by atoms with Crippen LogP contribution in [0.1, 0.15) is 135 Å². The second-order valence-electron chi connectivity index (χ2n) is 15.4. The number of hydrogen-bond donors (Lipinski definition) is 0. The minimum atomic E-state index is -0.132. The van der Waals surface area contributed by atoms with Gasteiger partial charge in [0.2, 0.25) is 0 Å². The van der Waals surface area contributed by atoms with Crippen LogP contribution in [-0.4, -0.2) is 0 Å². The molecule has 1 aromatic carbocycles. The van der Waals surface area contributed by atoms with Gasteiger partial charge in [0, 0.05) is 10.8 Å². The van der Waals surface area contributed by atoms with Crippen LogP contribution in [-0.2, 0) is 0 Å². The molecule has 216 valence electrons. The highest BCUT2D eigenvalue weighted by Crippen LogP contribution is 2.74. The third kappa shape index (κ3) is 3.56. The Kier molecular flexibility index (Phi) is 6.96. The van der Waals surface area contributed by atoms with Gasteiger partial charge >= 0.3 is 0 Å². The van der Waals surface area contributed by atoms with Crippen LogP contribution < -0.4 is 0 Å². The molecule has 4 aliphatic carbocycles. The summed E-state index contributed by atoms with van der Waals surface area (Å²) in [6.07, 6.45) is 6.59. The molecule has 1 fully saturated rings. The zero-order chi connectivity index (χ0) is 29.7. The quantitative estimate of drug-likeness (QED) is 0.360. The fraction of sp³-hybridized carbons (Fsp3) is 0.600. The molecule has 0 aromatic heterocycles. The molecular weight excluding hydrogens is 480 g/mol. The number of fused-ring (bicyclic) bond motifs is 3. The van der Waals surface area contributed by atoms with Crippen molar-refractivity contribution < 1.29 is 0 Å². The van der Waals surface area contributed by atoms with E-state index in [2.05, 4.69) is 94.9 Å². The smallest absolute Gasteiger partial charge is 0.0196 e. The van der Waals surface area contributed by atoms with Gasteiger partial charge in [-0.15, -0.1) is 0 Å². The first-order valence-corrected chi connectivity index (χ1v) is 16.1. The van der Waals surface area contributed by atoms with Crippen LogP contribution in [0.3, 0.4) is 0 Å². The molecule has 0 spiro atoms. The summed E-state index contributed by atoms with van der Waals surface area (Å²) in [5, 5.41) is 0. The summed E-state index contributed by atoms with van der Waals surface area (Å²) in [4.78, 5) is 0. The maximum atomic E-state index is 4.96. The van der Waals surface area contributed by atoms with Gasteiger partial charge in [0.1, 0.15) is 0 Å². The molecule has 0 bridgehead atoms. The van der Waals surface area contributed by atoms with Crippen LogP contribution in [0.2, 0.25) is 0 Å². The second-order valence-corrected chi connectivity index (χ2v) is 15.4. The van der Waals surface area contributed by atoms with Crippen molar-refractivity contribution in [3.05, 3.63) is 87.6 Å². The largest absolute Gasteiger partial charge is 0.0955 e. The standard InChI is InChI=1S/C40H56/c1-22(2)35-24(4)21-38(12)31(11)39(13)28(8)34-20-19-33(25(5)32-17-15-23(3)16-18-32)26(6)36(34)27(7)37(39)30(10)40(38,14)29(35)9/h19-20,23,25,28,31-32H,1,7,9,15-18,21H2,2-6,8,10-14H3/t23?,25?,28-,31+,32?,38+,39-,40-/m1/s1. The lowest BCUT2D eigenvalue weighted by Crippen LogP contribution is -2.58. The topological polar surface area (TPSA) is 0 Å². The molecule has 1 saturated carbocycles. The van der Waals surface area contributed by atoms with E-state index in [9.17, 15) is 0 Å². The Labute approximate surface area is 246 Å². The SMILES string of the molecule is C=C(C)C1=C(C)C[C@@]2(C)[C@H](C)[C@]3(C)C(=C(C)[C@@]2(C)C1=C)C(=C)c1c(ccc(C(C)C2CCC(C)CC2)c1C)[C@H]3C. The minimum absolute atomic E-state index is 0.0167. The van der Waals surface area contributed by atoms with E-state index in [0.717, 1.165) is 23.8 Å². The van der Waals surface area contributed by atoms with E-state index >= 15 is 0 Å². The van der Waals surface area contributed by atoms with Gasteiger partial charge in [0.05, 0.1) is 0 Å². The summed E-state index contributed by atoms with van der Waals surface area (Å²) in [5.74, 6) is 3.17. The summed E-state index contributed by atoms with van der Waals surface area (Å²) >= 11 is 0. The number of hydrogen-bond acceptors (Lipinski definition) is 0. The molecule has 40 heavy (non-hydrogen) atoms. The molecule has 0 nitrogen and oxygen atoms in total. The first-order chi connectivity index (χ1) is 18.5. The molecule has 0 saturated heterocycles. The van der Waals surface area contributed by atoms with Crippen molar-refractivity contribution in [3.8, 4) is 0 Å². The van der Waals surface area contributed by atoms with E-state index < -0.39 is 0 Å². The normalized spacial score (nSPS) is 38.6. The Morgan fingerprint density at radius 1 is 0.950 bits per heavy atom. The second kappa shape index (κ2) is 9.47. The Bertz CT molecular complexity index is 1370. The third-order valence-electron chi connectivity index (χ3n) is 13.8. The van der Waals surface area contributed by atoms with Crippen molar-refractivity contribution in [2.75, 3.05) is 0 Å². The number of rotatable bonds is 3. The molecule has 0 N–H and O–H groups in total. The van der Waals surface area contributed by atoms with Crippen molar-refractivity contribution >= 4 is 5.57 Å². The lowest BCUT2D eigenvalue weighted by atomic mass is 9.36.